The number of fused-ring (bicyclic) bond motifs is 1. The predicted octanol–water partition coefficient (Wildman–Crippen LogP) is 2.08. The molecule has 7 nitrogen and oxygen atoms in total. The summed E-state index contributed by atoms with van der Waals surface area (Å²) in [7, 11) is 0. The van der Waals surface area contributed by atoms with Crippen molar-refractivity contribution in [2.24, 2.45) is 5.92 Å². The van der Waals surface area contributed by atoms with Crippen LogP contribution in [-0.4, -0.2) is 59.4 Å². The fourth-order valence-electron chi connectivity index (χ4n) is 4.37. The van der Waals surface area contributed by atoms with Crippen LogP contribution in [-0.2, 0) is 9.59 Å². The summed E-state index contributed by atoms with van der Waals surface area (Å²) in [5, 5.41) is 2.98. The first-order valence-electron chi connectivity index (χ1n) is 10.5. The van der Waals surface area contributed by atoms with Crippen molar-refractivity contribution in [1.82, 2.24) is 15.1 Å². The lowest BCUT2D eigenvalue weighted by molar-refractivity contribution is -0.141. The van der Waals surface area contributed by atoms with Gasteiger partial charge in [0.2, 0.25) is 11.8 Å². The number of nitrogens with one attached hydrogen (secondary N) is 1. The predicted molar refractivity (Wildman–Crippen MR) is 107 cm³/mol. The maximum atomic E-state index is 12.7. The van der Waals surface area contributed by atoms with Crippen LogP contribution >= 0.6 is 0 Å². The summed E-state index contributed by atoms with van der Waals surface area (Å²) >= 11 is 0. The Morgan fingerprint density at radius 3 is 2.72 bits per heavy atom. The van der Waals surface area contributed by atoms with Gasteiger partial charge in [-0.15, -0.1) is 0 Å². The van der Waals surface area contributed by atoms with Gasteiger partial charge in [-0.1, -0.05) is 18.6 Å². The number of rotatable bonds is 2. The van der Waals surface area contributed by atoms with E-state index in [1.54, 1.807) is 4.90 Å². The SMILES string of the molecule is Cc1ccc2c(c1)C(=O)N[C@]1(CCC(=O)N(CC(=O)N3CCC(C)CC3)CC1)O2. The highest BCUT2D eigenvalue weighted by Gasteiger charge is 2.43. The summed E-state index contributed by atoms with van der Waals surface area (Å²) in [6.07, 6.45) is 3.13. The molecule has 0 bridgehead atoms. The molecule has 0 aromatic heterocycles. The number of carbonyl (C=O) groups is 3. The Balaban J connectivity index is 1.43. The molecule has 7 heteroatoms. The van der Waals surface area contributed by atoms with Gasteiger partial charge in [0.15, 0.2) is 5.72 Å². The maximum Gasteiger partial charge on any atom is 0.258 e. The van der Waals surface area contributed by atoms with Gasteiger partial charge in [-0.05, 0) is 37.8 Å². The van der Waals surface area contributed by atoms with Gasteiger partial charge in [-0.2, -0.15) is 0 Å². The zero-order valence-corrected chi connectivity index (χ0v) is 17.2. The number of hydrogen-bond acceptors (Lipinski definition) is 4. The van der Waals surface area contributed by atoms with E-state index in [1.807, 2.05) is 30.0 Å². The zero-order chi connectivity index (χ0) is 20.6. The van der Waals surface area contributed by atoms with Crippen molar-refractivity contribution in [3.8, 4) is 5.75 Å². The van der Waals surface area contributed by atoms with Gasteiger partial charge in [-0.25, -0.2) is 0 Å². The van der Waals surface area contributed by atoms with E-state index in [4.69, 9.17) is 4.74 Å². The molecule has 0 radical (unpaired) electrons. The number of benzene rings is 1. The van der Waals surface area contributed by atoms with Crippen LogP contribution in [0.5, 0.6) is 5.75 Å². The zero-order valence-electron chi connectivity index (χ0n) is 17.2. The fraction of sp³-hybridized carbons (Fsp3) is 0.591. The number of piperidine rings is 1. The number of aryl methyl sites for hydroxylation is 1. The Kier molecular flexibility index (Phi) is 5.23. The van der Waals surface area contributed by atoms with E-state index in [2.05, 4.69) is 12.2 Å². The molecule has 0 saturated carbocycles. The van der Waals surface area contributed by atoms with Crippen LogP contribution in [0.3, 0.4) is 0 Å². The molecule has 3 aliphatic heterocycles. The second kappa shape index (κ2) is 7.69. The molecule has 29 heavy (non-hydrogen) atoms. The molecule has 156 valence electrons. The van der Waals surface area contributed by atoms with Crippen LogP contribution < -0.4 is 10.1 Å². The van der Waals surface area contributed by atoms with E-state index in [0.717, 1.165) is 31.5 Å². The second-order valence-electron chi connectivity index (χ2n) is 8.68. The van der Waals surface area contributed by atoms with Crippen LogP contribution in [0.25, 0.3) is 0 Å². The number of amides is 3. The monoisotopic (exact) mass is 399 g/mol. The average molecular weight is 399 g/mol. The number of carbonyl (C=O) groups excluding carboxylic acids is 3. The van der Waals surface area contributed by atoms with Crippen LogP contribution in [0.15, 0.2) is 18.2 Å². The smallest absolute Gasteiger partial charge is 0.258 e. The third-order valence-corrected chi connectivity index (χ3v) is 6.37. The molecular formula is C22H29N3O4. The molecule has 1 aromatic carbocycles. The van der Waals surface area contributed by atoms with E-state index < -0.39 is 5.72 Å². The largest absolute Gasteiger partial charge is 0.467 e. The van der Waals surface area contributed by atoms with Crippen molar-refractivity contribution in [1.29, 1.82) is 0 Å². The lowest BCUT2D eigenvalue weighted by Crippen LogP contribution is -2.56. The normalized spacial score (nSPS) is 25.3. The van der Waals surface area contributed by atoms with Crippen molar-refractivity contribution < 1.29 is 19.1 Å². The van der Waals surface area contributed by atoms with Gasteiger partial charge >= 0.3 is 0 Å². The number of ether oxygens (including phenoxy) is 1. The van der Waals surface area contributed by atoms with E-state index in [0.29, 0.717) is 36.6 Å². The summed E-state index contributed by atoms with van der Waals surface area (Å²) < 4.78 is 6.19. The molecule has 4 rings (SSSR count). The van der Waals surface area contributed by atoms with Gasteiger partial charge in [-0.3, -0.25) is 14.4 Å². The summed E-state index contributed by atoms with van der Waals surface area (Å²) in [6.45, 7) is 6.16. The van der Waals surface area contributed by atoms with E-state index in [-0.39, 0.29) is 30.7 Å². The third-order valence-electron chi connectivity index (χ3n) is 6.37. The van der Waals surface area contributed by atoms with E-state index in [9.17, 15) is 14.4 Å². The minimum Gasteiger partial charge on any atom is -0.467 e. The minimum atomic E-state index is -0.895. The topological polar surface area (TPSA) is 79.0 Å². The lowest BCUT2D eigenvalue weighted by atomic mass is 9.99. The Morgan fingerprint density at radius 1 is 1.21 bits per heavy atom. The highest BCUT2D eigenvalue weighted by Crippen LogP contribution is 2.34. The van der Waals surface area contributed by atoms with Crippen LogP contribution in [0.4, 0.5) is 0 Å². The van der Waals surface area contributed by atoms with Gasteiger partial charge in [0.05, 0.1) is 12.1 Å². The second-order valence-corrected chi connectivity index (χ2v) is 8.68. The van der Waals surface area contributed by atoms with Gasteiger partial charge < -0.3 is 19.9 Å². The van der Waals surface area contributed by atoms with Gasteiger partial charge in [0.25, 0.3) is 5.91 Å². The summed E-state index contributed by atoms with van der Waals surface area (Å²) in [5.41, 5.74) is 0.622. The summed E-state index contributed by atoms with van der Waals surface area (Å²) in [4.78, 5) is 41.5. The van der Waals surface area contributed by atoms with E-state index >= 15 is 0 Å². The lowest BCUT2D eigenvalue weighted by Gasteiger charge is -2.38. The summed E-state index contributed by atoms with van der Waals surface area (Å²) in [6, 6.07) is 5.54. The van der Waals surface area contributed by atoms with Crippen molar-refractivity contribution in [3.63, 3.8) is 0 Å². The number of likely N-dealkylation sites (tertiary alicyclic amines) is 2. The van der Waals surface area contributed by atoms with Crippen molar-refractivity contribution in [2.45, 2.75) is 51.7 Å². The molecule has 1 aromatic rings. The summed E-state index contributed by atoms with van der Waals surface area (Å²) in [5.74, 6) is 0.981. The molecule has 3 aliphatic rings. The molecule has 1 N–H and O–H groups in total. The molecule has 0 aliphatic carbocycles. The standard InChI is InChI=1S/C22H29N3O4/c1-15-6-10-24(11-7-15)20(27)14-25-12-9-22(8-5-19(25)26)23-21(28)17-13-16(2)3-4-18(17)29-22/h3-4,13,15H,5-12,14H2,1-2H3,(H,23,28)/t22-/m1/s1. The first kappa shape index (κ1) is 19.7. The van der Waals surface area contributed by atoms with Gasteiger partial charge in [0.1, 0.15) is 5.75 Å². The Morgan fingerprint density at radius 2 is 1.97 bits per heavy atom. The van der Waals surface area contributed by atoms with E-state index in [1.165, 1.54) is 0 Å². The quantitative estimate of drug-likeness (QED) is 0.826. The Hall–Kier alpha value is -2.57. The minimum absolute atomic E-state index is 0.00983. The Labute approximate surface area is 171 Å². The highest BCUT2D eigenvalue weighted by atomic mass is 16.5. The molecule has 2 fully saturated rings. The fourth-order valence-corrected chi connectivity index (χ4v) is 4.37. The first-order valence-corrected chi connectivity index (χ1v) is 10.5. The highest BCUT2D eigenvalue weighted by molar-refractivity contribution is 5.98. The molecular weight excluding hydrogens is 370 g/mol. The van der Waals surface area contributed by atoms with Crippen molar-refractivity contribution in [3.05, 3.63) is 29.3 Å². The van der Waals surface area contributed by atoms with Crippen LogP contribution in [0.1, 0.15) is 54.9 Å². The van der Waals surface area contributed by atoms with Crippen molar-refractivity contribution in [2.75, 3.05) is 26.2 Å². The Bertz CT molecular complexity index is 831. The number of hydrogen-bond donors (Lipinski definition) is 1. The van der Waals surface area contributed by atoms with Gasteiger partial charge in [0, 0.05) is 38.9 Å². The third kappa shape index (κ3) is 4.09. The molecule has 1 atom stereocenters. The van der Waals surface area contributed by atoms with Crippen LogP contribution in [0, 0.1) is 12.8 Å². The molecule has 3 amide bonds. The molecule has 3 heterocycles. The van der Waals surface area contributed by atoms with Crippen molar-refractivity contribution >= 4 is 17.7 Å². The molecule has 2 saturated heterocycles. The van der Waals surface area contributed by atoms with Crippen LogP contribution in [0.2, 0.25) is 0 Å². The maximum absolute atomic E-state index is 12.7. The first-order chi connectivity index (χ1) is 13.8. The average Bonchev–Trinajstić information content (AvgIpc) is 2.83. The number of nitrogens with zero attached hydrogens (tertiary/aromatic N) is 2. The molecule has 0 unspecified atom stereocenters. The molecule has 1 spiro atoms.